The highest BCUT2D eigenvalue weighted by atomic mass is 35.5. The van der Waals surface area contributed by atoms with Crippen molar-refractivity contribution in [2.24, 2.45) is 23.2 Å². The molecule has 2 heterocycles. The average Bonchev–Trinajstić information content (AvgIpc) is 3.31. The molecule has 4 rings (SSSR count). The summed E-state index contributed by atoms with van der Waals surface area (Å²) in [7, 11) is 0. The Kier molecular flexibility index (Phi) is 10.2. The van der Waals surface area contributed by atoms with E-state index in [1.54, 1.807) is 0 Å². The maximum atomic E-state index is 12.5. The van der Waals surface area contributed by atoms with Crippen LogP contribution in [0.3, 0.4) is 0 Å². The van der Waals surface area contributed by atoms with E-state index in [4.69, 9.17) is 28.0 Å². The van der Waals surface area contributed by atoms with Gasteiger partial charge in [0.05, 0.1) is 12.3 Å². The SMILES string of the molecule is CC(C)(CNC(=O)CCCC1NC(C2CC(Cl)CC(Cl)C2)NO1)CNC1NNC(=O)C2CCCCC12. The van der Waals surface area contributed by atoms with Crippen molar-refractivity contribution in [1.29, 1.82) is 0 Å². The Hall–Kier alpha value is -0.680. The number of alkyl halides is 2. The van der Waals surface area contributed by atoms with Crippen LogP contribution in [0, 0.1) is 23.2 Å². The van der Waals surface area contributed by atoms with Crippen molar-refractivity contribution in [3.05, 3.63) is 0 Å². The number of hydrogen-bond acceptors (Lipinski definition) is 7. The highest BCUT2D eigenvalue weighted by molar-refractivity contribution is 6.23. The zero-order chi connectivity index (χ0) is 25.7. The van der Waals surface area contributed by atoms with Crippen molar-refractivity contribution >= 4 is 35.0 Å². The normalized spacial score (nSPS) is 37.3. The van der Waals surface area contributed by atoms with E-state index in [-0.39, 0.29) is 52.5 Å². The molecule has 7 atom stereocenters. The Balaban J connectivity index is 1.10. The lowest BCUT2D eigenvalue weighted by molar-refractivity contribution is -0.134. The molecule has 4 fully saturated rings. The van der Waals surface area contributed by atoms with E-state index >= 15 is 0 Å². The summed E-state index contributed by atoms with van der Waals surface area (Å²) in [5.41, 5.74) is 8.97. The number of carbonyl (C=O) groups is 2. The van der Waals surface area contributed by atoms with Gasteiger partial charge >= 0.3 is 0 Å². The smallest absolute Gasteiger partial charge is 0.237 e. The second kappa shape index (κ2) is 12.9. The van der Waals surface area contributed by atoms with Crippen molar-refractivity contribution < 1.29 is 14.4 Å². The van der Waals surface area contributed by atoms with Crippen LogP contribution < -0.4 is 32.3 Å². The molecule has 11 heteroatoms. The van der Waals surface area contributed by atoms with E-state index in [0.29, 0.717) is 24.8 Å². The lowest BCUT2D eigenvalue weighted by Gasteiger charge is -2.42. The number of hydrogen-bond donors (Lipinski definition) is 6. The summed E-state index contributed by atoms with van der Waals surface area (Å²) in [5, 5.41) is 10.4. The standard InChI is InChI=1S/C25H44Cl2N6O3/c1-25(2,14-29-23-18-6-3-4-7-19(18)24(35)32-31-23)13-28-20(34)8-5-9-21-30-22(33-36-21)15-10-16(26)12-17(27)11-15/h15-19,21-23,29-31,33H,3-14H2,1-2H3,(H,28,34)(H,32,35). The van der Waals surface area contributed by atoms with Crippen LogP contribution in [0.25, 0.3) is 0 Å². The summed E-state index contributed by atoms with van der Waals surface area (Å²) in [5.74, 6) is 0.946. The summed E-state index contributed by atoms with van der Waals surface area (Å²) in [4.78, 5) is 30.3. The van der Waals surface area contributed by atoms with Crippen molar-refractivity contribution in [3.63, 3.8) is 0 Å². The lowest BCUT2D eigenvalue weighted by Crippen LogP contribution is -2.65. The number of rotatable bonds is 10. The van der Waals surface area contributed by atoms with Gasteiger partial charge in [-0.2, -0.15) is 5.48 Å². The monoisotopic (exact) mass is 546 g/mol. The molecule has 6 N–H and O–H groups in total. The van der Waals surface area contributed by atoms with Gasteiger partial charge in [0.2, 0.25) is 11.8 Å². The van der Waals surface area contributed by atoms with Gasteiger partial charge in [-0.3, -0.25) is 30.5 Å². The maximum absolute atomic E-state index is 12.5. The molecule has 0 spiro atoms. The molecular formula is C25H44Cl2N6O3. The number of fused-ring (bicyclic) bond motifs is 1. The molecule has 0 bridgehead atoms. The van der Waals surface area contributed by atoms with Gasteiger partial charge in [-0.05, 0) is 56.3 Å². The number of carbonyl (C=O) groups excluding carboxylic acids is 2. The van der Waals surface area contributed by atoms with Crippen LogP contribution in [0.15, 0.2) is 0 Å². The molecule has 36 heavy (non-hydrogen) atoms. The molecule has 2 aliphatic carbocycles. The van der Waals surface area contributed by atoms with Crippen molar-refractivity contribution in [1.82, 2.24) is 32.3 Å². The maximum Gasteiger partial charge on any atom is 0.237 e. The molecular weight excluding hydrogens is 503 g/mol. The van der Waals surface area contributed by atoms with Gasteiger partial charge in [0.15, 0.2) is 0 Å². The molecule has 0 aromatic carbocycles. The van der Waals surface area contributed by atoms with Crippen LogP contribution in [0.1, 0.15) is 78.1 Å². The average molecular weight is 548 g/mol. The zero-order valence-electron chi connectivity index (χ0n) is 21.6. The third-order valence-corrected chi connectivity index (χ3v) is 8.89. The van der Waals surface area contributed by atoms with E-state index in [2.05, 4.69) is 46.1 Å². The molecule has 2 saturated heterocycles. The largest absolute Gasteiger partial charge is 0.356 e. The zero-order valence-corrected chi connectivity index (χ0v) is 23.1. The van der Waals surface area contributed by atoms with E-state index < -0.39 is 0 Å². The fourth-order valence-corrected chi connectivity index (χ4v) is 7.03. The van der Waals surface area contributed by atoms with Crippen molar-refractivity contribution in [3.8, 4) is 0 Å². The second-order valence-corrected chi connectivity index (χ2v) is 13.1. The van der Waals surface area contributed by atoms with Crippen LogP contribution in [0.2, 0.25) is 0 Å². The van der Waals surface area contributed by atoms with Gasteiger partial charge in [0.1, 0.15) is 6.23 Å². The van der Waals surface area contributed by atoms with Crippen LogP contribution in [-0.4, -0.2) is 54.2 Å². The Morgan fingerprint density at radius 1 is 1.11 bits per heavy atom. The first-order chi connectivity index (χ1) is 17.2. The number of hydroxylamine groups is 1. The van der Waals surface area contributed by atoms with Gasteiger partial charge in [-0.1, -0.05) is 26.7 Å². The summed E-state index contributed by atoms with van der Waals surface area (Å²) < 4.78 is 0. The first-order valence-corrected chi connectivity index (χ1v) is 14.6. The minimum Gasteiger partial charge on any atom is -0.356 e. The lowest BCUT2D eigenvalue weighted by atomic mass is 9.76. The van der Waals surface area contributed by atoms with Gasteiger partial charge in [-0.25, -0.2) is 5.43 Å². The fraction of sp³-hybridized carbons (Fsp3) is 0.920. The number of hydrazine groups is 1. The van der Waals surface area contributed by atoms with E-state index in [9.17, 15) is 9.59 Å². The van der Waals surface area contributed by atoms with E-state index in [0.717, 1.165) is 57.9 Å². The number of amides is 2. The quantitative estimate of drug-likeness (QED) is 0.233. The molecule has 0 aromatic rings. The molecule has 4 aliphatic rings. The topological polar surface area (TPSA) is 116 Å². The number of nitrogens with one attached hydrogen (secondary N) is 6. The molecule has 0 radical (unpaired) electrons. The first-order valence-electron chi connectivity index (χ1n) is 13.7. The minimum atomic E-state index is -0.114. The Bertz CT molecular complexity index is 749. The molecule has 2 aliphatic heterocycles. The third kappa shape index (κ3) is 7.91. The van der Waals surface area contributed by atoms with E-state index in [1.807, 2.05) is 0 Å². The summed E-state index contributed by atoms with van der Waals surface area (Å²) in [6.45, 7) is 5.62. The predicted molar refractivity (Wildman–Crippen MR) is 141 cm³/mol. The first kappa shape index (κ1) is 28.3. The van der Waals surface area contributed by atoms with Crippen LogP contribution in [-0.2, 0) is 14.4 Å². The molecule has 0 aromatic heterocycles. The summed E-state index contributed by atoms with van der Waals surface area (Å²) in [6.07, 6.45) is 9.01. The van der Waals surface area contributed by atoms with Crippen molar-refractivity contribution in [2.75, 3.05) is 13.1 Å². The second-order valence-electron chi connectivity index (χ2n) is 11.9. The molecule has 9 nitrogen and oxygen atoms in total. The van der Waals surface area contributed by atoms with Crippen LogP contribution in [0.5, 0.6) is 0 Å². The molecule has 7 unspecified atom stereocenters. The fourth-order valence-electron chi connectivity index (χ4n) is 6.05. The summed E-state index contributed by atoms with van der Waals surface area (Å²) >= 11 is 12.7. The predicted octanol–water partition coefficient (Wildman–Crippen LogP) is 2.45. The molecule has 2 saturated carbocycles. The molecule has 206 valence electrons. The van der Waals surface area contributed by atoms with Gasteiger partial charge in [-0.15, -0.1) is 23.2 Å². The van der Waals surface area contributed by atoms with Gasteiger partial charge < -0.3 is 5.32 Å². The van der Waals surface area contributed by atoms with Gasteiger partial charge in [0.25, 0.3) is 0 Å². The Morgan fingerprint density at radius 3 is 2.64 bits per heavy atom. The Morgan fingerprint density at radius 2 is 1.86 bits per heavy atom. The van der Waals surface area contributed by atoms with Gasteiger partial charge in [0, 0.05) is 42.1 Å². The number of halogens is 2. The van der Waals surface area contributed by atoms with E-state index in [1.165, 1.54) is 6.42 Å². The minimum absolute atomic E-state index is 0.0517. The summed E-state index contributed by atoms with van der Waals surface area (Å²) in [6, 6.07) is 0. The highest BCUT2D eigenvalue weighted by Crippen LogP contribution is 2.35. The Labute approximate surface area is 225 Å². The molecule has 2 amide bonds. The van der Waals surface area contributed by atoms with Crippen LogP contribution >= 0.6 is 23.2 Å². The van der Waals surface area contributed by atoms with Crippen LogP contribution in [0.4, 0.5) is 0 Å². The van der Waals surface area contributed by atoms with Crippen molar-refractivity contribution in [2.45, 2.75) is 107 Å². The highest BCUT2D eigenvalue weighted by Gasteiger charge is 2.40. The third-order valence-electron chi connectivity index (χ3n) is 8.17.